The monoisotopic (exact) mass is 390 g/mol. The lowest BCUT2D eigenvalue weighted by Crippen LogP contribution is -2.44. The summed E-state index contributed by atoms with van der Waals surface area (Å²) in [6.45, 7) is 17.5. The Kier molecular flexibility index (Phi) is 7.72. The smallest absolute Gasteiger partial charge is 0.225 e. The van der Waals surface area contributed by atoms with Crippen LogP contribution in [-0.4, -0.2) is 28.1 Å². The molecule has 0 radical (unpaired) electrons. The van der Waals surface area contributed by atoms with Crippen molar-refractivity contribution in [1.82, 2.24) is 0 Å². The van der Waals surface area contributed by atoms with Crippen LogP contribution in [0.2, 0.25) is 11.1 Å². The Morgan fingerprint density at radius 1 is 1.07 bits per heavy atom. The maximum Gasteiger partial charge on any atom is 0.225 e. The van der Waals surface area contributed by atoms with E-state index in [0.29, 0.717) is 29.5 Å². The molecule has 0 N–H and O–H groups in total. The van der Waals surface area contributed by atoms with Crippen molar-refractivity contribution in [3.05, 3.63) is 41.1 Å². The third-order valence-corrected chi connectivity index (χ3v) is 11.9. The summed E-state index contributed by atoms with van der Waals surface area (Å²) in [7, 11) is -0.240. The summed E-state index contributed by atoms with van der Waals surface area (Å²) in [5.41, 5.74) is 2.35. The molecule has 1 aromatic rings. The van der Waals surface area contributed by atoms with Gasteiger partial charge in [0, 0.05) is 11.8 Å². The third-order valence-electron chi connectivity index (χ3n) is 6.16. The summed E-state index contributed by atoms with van der Waals surface area (Å²) in [5, 5.41) is 1.60. The molecule has 0 bridgehead atoms. The van der Waals surface area contributed by atoms with Crippen LogP contribution in [0.3, 0.4) is 0 Å². The minimum absolute atomic E-state index is 0.253. The summed E-state index contributed by atoms with van der Waals surface area (Å²) < 4.78 is 18.2. The van der Waals surface area contributed by atoms with Gasteiger partial charge in [0.1, 0.15) is 5.75 Å². The van der Waals surface area contributed by atoms with Crippen LogP contribution in [0.5, 0.6) is 5.75 Å². The van der Waals surface area contributed by atoms with E-state index in [0.717, 1.165) is 12.4 Å². The van der Waals surface area contributed by atoms with Gasteiger partial charge in [0.05, 0.1) is 26.4 Å². The van der Waals surface area contributed by atoms with E-state index in [9.17, 15) is 0 Å². The van der Waals surface area contributed by atoms with Gasteiger partial charge < -0.3 is 13.9 Å². The van der Waals surface area contributed by atoms with Gasteiger partial charge in [-0.15, -0.1) is 0 Å². The summed E-state index contributed by atoms with van der Waals surface area (Å²) in [6, 6.07) is 8.08. The molecule has 1 fully saturated rings. The first kappa shape index (κ1) is 22.2. The summed E-state index contributed by atoms with van der Waals surface area (Å²) >= 11 is 0. The van der Waals surface area contributed by atoms with Crippen molar-refractivity contribution in [3.63, 3.8) is 0 Å². The van der Waals surface area contributed by atoms with E-state index in [2.05, 4.69) is 66.7 Å². The molecule has 0 aliphatic carbocycles. The van der Waals surface area contributed by atoms with Crippen molar-refractivity contribution in [2.45, 2.75) is 72.3 Å². The van der Waals surface area contributed by atoms with Crippen LogP contribution in [0.15, 0.2) is 35.5 Å². The summed E-state index contributed by atoms with van der Waals surface area (Å²) in [4.78, 5) is 0. The molecule has 0 saturated carbocycles. The second-order valence-corrected chi connectivity index (χ2v) is 13.3. The molecule has 1 saturated heterocycles. The van der Waals surface area contributed by atoms with Crippen molar-refractivity contribution in [2.75, 3.05) is 13.7 Å². The van der Waals surface area contributed by atoms with E-state index in [1.807, 2.05) is 12.1 Å². The standard InChI is InChI=1S/C23H38O3Si/c1-9-22-19(7)23(26-27(22,16(2)3)17(4)5)18(6)14-25-15-20-10-12-21(24-8)13-11-20/h9-13,16-19,23H,14-15H2,1-8H3/b22-9+/t18-,19-,23+/m0/s1. The highest BCUT2D eigenvalue weighted by atomic mass is 28.4. The first-order valence-corrected chi connectivity index (χ1v) is 12.4. The van der Waals surface area contributed by atoms with Gasteiger partial charge in [0.25, 0.3) is 0 Å². The minimum atomic E-state index is -1.93. The minimum Gasteiger partial charge on any atom is -0.497 e. The fraction of sp³-hybridized carbons (Fsp3) is 0.652. The zero-order valence-corrected chi connectivity index (χ0v) is 19.4. The Hall–Kier alpha value is -1.10. The molecule has 0 aromatic heterocycles. The van der Waals surface area contributed by atoms with E-state index in [4.69, 9.17) is 13.9 Å². The van der Waals surface area contributed by atoms with Gasteiger partial charge in [-0.2, -0.15) is 0 Å². The molecule has 1 aromatic carbocycles. The zero-order chi connectivity index (χ0) is 20.2. The van der Waals surface area contributed by atoms with E-state index < -0.39 is 8.32 Å². The maximum atomic E-state index is 6.96. The van der Waals surface area contributed by atoms with Gasteiger partial charge in [-0.05, 0) is 35.7 Å². The molecular weight excluding hydrogens is 352 g/mol. The van der Waals surface area contributed by atoms with Gasteiger partial charge in [0.2, 0.25) is 8.32 Å². The topological polar surface area (TPSA) is 27.7 Å². The summed E-state index contributed by atoms with van der Waals surface area (Å²) in [5.74, 6) is 1.73. The van der Waals surface area contributed by atoms with Crippen LogP contribution in [0.4, 0.5) is 0 Å². The van der Waals surface area contributed by atoms with Crippen LogP contribution in [0.1, 0.15) is 54.0 Å². The number of ether oxygens (including phenoxy) is 2. The van der Waals surface area contributed by atoms with Crippen LogP contribution in [0.25, 0.3) is 0 Å². The number of methoxy groups -OCH3 is 1. The van der Waals surface area contributed by atoms with Crippen LogP contribution in [0, 0.1) is 11.8 Å². The number of hydrogen-bond acceptors (Lipinski definition) is 3. The van der Waals surface area contributed by atoms with Gasteiger partial charge in [0.15, 0.2) is 0 Å². The Balaban J connectivity index is 2.02. The van der Waals surface area contributed by atoms with Crippen LogP contribution >= 0.6 is 0 Å². The molecule has 3 atom stereocenters. The lowest BCUT2D eigenvalue weighted by molar-refractivity contribution is 0.0309. The lowest BCUT2D eigenvalue weighted by Gasteiger charge is -2.36. The van der Waals surface area contributed by atoms with Crippen molar-refractivity contribution in [1.29, 1.82) is 0 Å². The lowest BCUT2D eigenvalue weighted by atomic mass is 9.93. The second-order valence-electron chi connectivity index (χ2n) is 8.56. The molecule has 1 heterocycles. The number of allylic oxidation sites excluding steroid dienone is 1. The fourth-order valence-corrected chi connectivity index (χ4v) is 10.4. The van der Waals surface area contributed by atoms with Crippen LogP contribution < -0.4 is 4.74 Å². The quantitative estimate of drug-likeness (QED) is 0.499. The average molecular weight is 391 g/mol. The molecule has 0 amide bonds. The average Bonchev–Trinajstić information content (AvgIpc) is 2.96. The highest BCUT2D eigenvalue weighted by molar-refractivity contribution is 6.84. The molecule has 4 heteroatoms. The Bertz CT molecular complexity index is 613. The number of rotatable bonds is 8. The molecule has 3 nitrogen and oxygen atoms in total. The number of benzene rings is 1. The van der Waals surface area contributed by atoms with E-state index in [-0.39, 0.29) is 6.10 Å². The van der Waals surface area contributed by atoms with E-state index in [1.165, 1.54) is 5.56 Å². The Morgan fingerprint density at radius 3 is 2.11 bits per heavy atom. The number of hydrogen-bond donors (Lipinski definition) is 0. The van der Waals surface area contributed by atoms with Crippen molar-refractivity contribution >= 4 is 8.32 Å². The molecule has 0 unspecified atom stereocenters. The molecular formula is C23H38O3Si. The highest BCUT2D eigenvalue weighted by Gasteiger charge is 2.55. The van der Waals surface area contributed by atoms with Gasteiger partial charge in [-0.3, -0.25) is 0 Å². The van der Waals surface area contributed by atoms with Gasteiger partial charge >= 0.3 is 0 Å². The van der Waals surface area contributed by atoms with Gasteiger partial charge in [-0.1, -0.05) is 64.9 Å². The zero-order valence-electron chi connectivity index (χ0n) is 18.4. The molecule has 0 spiro atoms. The van der Waals surface area contributed by atoms with E-state index in [1.54, 1.807) is 12.3 Å². The Labute approximate surface area is 167 Å². The molecule has 1 aliphatic heterocycles. The maximum absolute atomic E-state index is 6.96. The van der Waals surface area contributed by atoms with E-state index >= 15 is 0 Å². The molecule has 2 rings (SSSR count). The predicted molar refractivity (Wildman–Crippen MR) is 116 cm³/mol. The highest BCUT2D eigenvalue weighted by Crippen LogP contribution is 2.50. The summed E-state index contributed by atoms with van der Waals surface area (Å²) in [6.07, 6.45) is 2.60. The second kappa shape index (κ2) is 9.40. The molecule has 1 aliphatic rings. The largest absolute Gasteiger partial charge is 0.497 e. The molecule has 27 heavy (non-hydrogen) atoms. The van der Waals surface area contributed by atoms with Crippen LogP contribution in [-0.2, 0) is 15.8 Å². The molecule has 152 valence electrons. The normalized spacial score (nSPS) is 24.7. The SMILES string of the molecule is C/C=C1\[C@H](C)[C@@H]([C@@H](C)COCc2ccc(OC)cc2)O[Si]1(C(C)C)C(C)C. The first-order chi connectivity index (χ1) is 12.8. The predicted octanol–water partition coefficient (Wildman–Crippen LogP) is 6.13. The van der Waals surface area contributed by atoms with Crippen molar-refractivity contribution < 1.29 is 13.9 Å². The first-order valence-electron chi connectivity index (χ1n) is 10.3. The van der Waals surface area contributed by atoms with Crippen molar-refractivity contribution in [3.8, 4) is 5.75 Å². The van der Waals surface area contributed by atoms with Crippen molar-refractivity contribution in [2.24, 2.45) is 11.8 Å². The van der Waals surface area contributed by atoms with Gasteiger partial charge in [-0.25, -0.2) is 0 Å². The fourth-order valence-electron chi connectivity index (χ4n) is 4.81. The third kappa shape index (κ3) is 4.49. The Morgan fingerprint density at radius 2 is 1.67 bits per heavy atom.